The molecule has 0 saturated heterocycles. The van der Waals surface area contributed by atoms with Crippen molar-refractivity contribution >= 4 is 27.3 Å². The van der Waals surface area contributed by atoms with E-state index in [1.54, 1.807) is 0 Å². The highest BCUT2D eigenvalue weighted by atomic mass is 79.9. The number of hydrogen-bond donors (Lipinski definition) is 2. The van der Waals surface area contributed by atoms with Gasteiger partial charge in [-0.15, -0.1) is 0 Å². The number of hydrogen-bond acceptors (Lipinski definition) is 5. The molecule has 0 spiro atoms. The number of aryl methyl sites for hydroxylation is 1. The van der Waals surface area contributed by atoms with Crippen LogP contribution in [-0.2, 0) is 21.1 Å². The number of nitrogens with one attached hydrogen (secondary N) is 1. The Kier molecular flexibility index (Phi) is 3.77. The summed E-state index contributed by atoms with van der Waals surface area (Å²) in [6.45, 7) is 0. The normalized spacial score (nSPS) is 10.7. The Morgan fingerprint density at radius 2 is 1.67 bits per heavy atom. The number of aromatic nitrogens is 3. The molecule has 0 unspecified atom stereocenters. The van der Waals surface area contributed by atoms with Gasteiger partial charge in [0.25, 0.3) is 16.7 Å². The molecule has 112 valence electrons. The van der Waals surface area contributed by atoms with Crippen LogP contribution in [0.25, 0.3) is 0 Å². The summed E-state index contributed by atoms with van der Waals surface area (Å²) >= 11 is 3.07. The molecule has 2 aromatic heterocycles. The van der Waals surface area contributed by atoms with Crippen LogP contribution in [0.1, 0.15) is 0 Å². The Hall–Kier alpha value is -2.29. The van der Waals surface area contributed by atoms with Crippen LogP contribution in [0.3, 0.4) is 0 Å². The van der Waals surface area contributed by atoms with Gasteiger partial charge in [0.2, 0.25) is 0 Å². The molecule has 2 aromatic rings. The van der Waals surface area contributed by atoms with E-state index >= 15 is 0 Å². The van der Waals surface area contributed by atoms with Crippen molar-refractivity contribution in [3.63, 3.8) is 0 Å². The SMILES string of the molecule is Cn1cc(Nc2c(Br)c(=O)n(C)n(C)c2=O)c(O)cc1=O. The highest BCUT2D eigenvalue weighted by molar-refractivity contribution is 9.10. The average molecular weight is 357 g/mol. The zero-order valence-corrected chi connectivity index (χ0v) is 13.1. The first-order chi connectivity index (χ1) is 9.73. The van der Waals surface area contributed by atoms with Crippen molar-refractivity contribution in [2.45, 2.75) is 0 Å². The van der Waals surface area contributed by atoms with Crippen molar-refractivity contribution < 1.29 is 5.11 Å². The predicted molar refractivity (Wildman–Crippen MR) is 81.3 cm³/mol. The molecule has 0 atom stereocenters. The van der Waals surface area contributed by atoms with Crippen molar-refractivity contribution in [1.29, 1.82) is 0 Å². The van der Waals surface area contributed by atoms with Crippen LogP contribution < -0.4 is 22.0 Å². The topological polar surface area (TPSA) is 98.3 Å². The van der Waals surface area contributed by atoms with Gasteiger partial charge in [0.15, 0.2) is 0 Å². The molecule has 0 bridgehead atoms. The monoisotopic (exact) mass is 356 g/mol. The van der Waals surface area contributed by atoms with E-state index in [-0.39, 0.29) is 21.6 Å². The van der Waals surface area contributed by atoms with Gasteiger partial charge in [-0.3, -0.25) is 14.4 Å². The van der Waals surface area contributed by atoms with E-state index in [9.17, 15) is 19.5 Å². The van der Waals surface area contributed by atoms with Gasteiger partial charge < -0.3 is 15.0 Å². The van der Waals surface area contributed by atoms with Gasteiger partial charge in [-0.1, -0.05) is 0 Å². The third kappa shape index (κ3) is 2.51. The molecule has 2 rings (SSSR count). The van der Waals surface area contributed by atoms with Crippen LogP contribution >= 0.6 is 15.9 Å². The molecular formula is C12H13BrN4O4. The maximum Gasteiger partial charge on any atom is 0.289 e. The molecule has 21 heavy (non-hydrogen) atoms. The average Bonchev–Trinajstić information content (AvgIpc) is 2.44. The molecular weight excluding hydrogens is 344 g/mol. The number of pyridine rings is 1. The molecule has 0 amide bonds. The van der Waals surface area contributed by atoms with E-state index in [1.807, 2.05) is 0 Å². The van der Waals surface area contributed by atoms with Crippen LogP contribution in [0.2, 0.25) is 0 Å². The zero-order chi connectivity index (χ0) is 15.9. The van der Waals surface area contributed by atoms with Crippen LogP contribution in [0.4, 0.5) is 11.4 Å². The fourth-order valence-corrected chi connectivity index (χ4v) is 2.26. The largest absolute Gasteiger partial charge is 0.506 e. The number of nitrogens with zero attached hydrogens (tertiary/aromatic N) is 3. The Labute approximate surface area is 127 Å². The molecule has 0 aromatic carbocycles. The summed E-state index contributed by atoms with van der Waals surface area (Å²) in [5, 5.41) is 12.5. The maximum absolute atomic E-state index is 12.2. The summed E-state index contributed by atoms with van der Waals surface area (Å²) in [5.74, 6) is -0.312. The van der Waals surface area contributed by atoms with Crippen LogP contribution in [0.5, 0.6) is 5.75 Å². The lowest BCUT2D eigenvalue weighted by Gasteiger charge is -2.13. The van der Waals surface area contributed by atoms with E-state index in [0.717, 1.165) is 15.4 Å². The van der Waals surface area contributed by atoms with Gasteiger partial charge >= 0.3 is 0 Å². The maximum atomic E-state index is 12.2. The smallest absolute Gasteiger partial charge is 0.289 e. The van der Waals surface area contributed by atoms with Crippen LogP contribution in [0, 0.1) is 0 Å². The Morgan fingerprint density at radius 3 is 2.29 bits per heavy atom. The minimum Gasteiger partial charge on any atom is -0.506 e. The quantitative estimate of drug-likeness (QED) is 0.788. The molecule has 0 aliphatic heterocycles. The molecule has 9 heteroatoms. The second kappa shape index (κ2) is 5.24. The minimum absolute atomic E-state index is 0.0189. The summed E-state index contributed by atoms with van der Waals surface area (Å²) in [5.41, 5.74) is -1.15. The predicted octanol–water partition coefficient (Wildman–Crippen LogP) is -0.00560. The van der Waals surface area contributed by atoms with Crippen molar-refractivity contribution in [2.75, 3.05) is 5.32 Å². The number of aromatic hydroxyl groups is 1. The number of anilines is 2. The lowest BCUT2D eigenvalue weighted by molar-refractivity contribution is 0.474. The van der Waals surface area contributed by atoms with Gasteiger partial charge in [0.1, 0.15) is 15.9 Å². The highest BCUT2D eigenvalue weighted by Crippen LogP contribution is 2.25. The van der Waals surface area contributed by atoms with Crippen molar-refractivity contribution in [1.82, 2.24) is 13.9 Å². The second-order valence-corrected chi connectivity index (χ2v) is 5.29. The summed E-state index contributed by atoms with van der Waals surface area (Å²) in [4.78, 5) is 35.5. The van der Waals surface area contributed by atoms with Crippen molar-refractivity contribution in [3.8, 4) is 5.75 Å². The summed E-state index contributed by atoms with van der Waals surface area (Å²) < 4.78 is 3.56. The summed E-state index contributed by atoms with van der Waals surface area (Å²) in [7, 11) is 4.41. The highest BCUT2D eigenvalue weighted by Gasteiger charge is 2.16. The van der Waals surface area contributed by atoms with Gasteiger partial charge in [-0.2, -0.15) is 0 Å². The van der Waals surface area contributed by atoms with E-state index in [0.29, 0.717) is 0 Å². The summed E-state index contributed by atoms with van der Waals surface area (Å²) in [6, 6.07) is 1.02. The van der Waals surface area contributed by atoms with Crippen molar-refractivity contribution in [3.05, 3.63) is 47.8 Å². The van der Waals surface area contributed by atoms with Crippen LogP contribution in [0.15, 0.2) is 31.1 Å². The molecule has 0 fully saturated rings. The van der Waals surface area contributed by atoms with Gasteiger partial charge in [0.05, 0.1) is 5.69 Å². The van der Waals surface area contributed by atoms with Gasteiger partial charge in [0, 0.05) is 33.4 Å². The van der Waals surface area contributed by atoms with E-state index in [1.165, 1.54) is 31.9 Å². The van der Waals surface area contributed by atoms with Crippen molar-refractivity contribution in [2.24, 2.45) is 21.1 Å². The molecule has 0 aliphatic rings. The lowest BCUT2D eigenvalue weighted by atomic mass is 10.3. The molecule has 0 saturated carbocycles. The van der Waals surface area contributed by atoms with Gasteiger partial charge in [-0.05, 0) is 15.9 Å². The summed E-state index contributed by atoms with van der Waals surface area (Å²) in [6.07, 6.45) is 1.33. The lowest BCUT2D eigenvalue weighted by Crippen LogP contribution is -2.36. The third-order valence-electron chi connectivity index (χ3n) is 3.13. The first-order valence-corrected chi connectivity index (χ1v) is 6.65. The first-order valence-electron chi connectivity index (χ1n) is 5.86. The number of rotatable bonds is 2. The van der Waals surface area contributed by atoms with E-state index in [2.05, 4.69) is 21.2 Å². The fraction of sp³-hybridized carbons (Fsp3) is 0.250. The zero-order valence-electron chi connectivity index (χ0n) is 11.5. The van der Waals surface area contributed by atoms with Gasteiger partial charge in [-0.25, -0.2) is 9.36 Å². The minimum atomic E-state index is -0.461. The molecule has 2 heterocycles. The Bertz CT molecular complexity index is 894. The fourth-order valence-electron chi connectivity index (χ4n) is 1.74. The van der Waals surface area contributed by atoms with Crippen LogP contribution in [-0.4, -0.2) is 19.0 Å². The Balaban J connectivity index is 2.66. The first kappa shape index (κ1) is 15.1. The van der Waals surface area contributed by atoms with E-state index < -0.39 is 16.7 Å². The molecule has 2 N–H and O–H groups in total. The second-order valence-electron chi connectivity index (χ2n) is 4.49. The standard InChI is InChI=1S/C12H13BrN4O4/c1-15-5-6(7(18)4-8(15)19)14-10-9(13)11(20)16(2)17(3)12(10)21/h4-5,14,18H,1-3H3. The molecule has 8 nitrogen and oxygen atoms in total. The Morgan fingerprint density at radius 1 is 1.10 bits per heavy atom. The molecule has 0 aliphatic carbocycles. The van der Waals surface area contributed by atoms with E-state index in [4.69, 9.17) is 0 Å². The number of halogens is 1. The molecule has 0 radical (unpaired) electrons. The third-order valence-corrected chi connectivity index (χ3v) is 3.86.